The van der Waals surface area contributed by atoms with Gasteiger partial charge in [0.1, 0.15) is 11.6 Å². The van der Waals surface area contributed by atoms with E-state index in [4.69, 9.17) is 16.3 Å². The lowest BCUT2D eigenvalue weighted by atomic mass is 9.70. The van der Waals surface area contributed by atoms with Crippen molar-refractivity contribution in [2.24, 2.45) is 11.8 Å². The number of hydrogen-bond donors (Lipinski definition) is 1. The zero-order chi connectivity index (χ0) is 29.5. The van der Waals surface area contributed by atoms with E-state index in [2.05, 4.69) is 29.1 Å². The monoisotopic (exact) mass is 641 g/mol. The van der Waals surface area contributed by atoms with Crippen molar-refractivity contribution in [1.82, 2.24) is 4.90 Å². The fourth-order valence-corrected chi connectivity index (χ4v) is 7.87. The number of carbonyl (C=O) groups is 3. The van der Waals surface area contributed by atoms with E-state index in [-0.39, 0.29) is 36.3 Å². The maximum Gasteiger partial charge on any atom is 0.253 e. The van der Waals surface area contributed by atoms with Gasteiger partial charge in [-0.2, -0.15) is 0 Å². The summed E-state index contributed by atoms with van der Waals surface area (Å²) in [7, 11) is 0. The standard InChI is InChI=1S/C31H33BrClN3O5/c1-4-15-34(20-11-7-6-8-12-20)28(38)24-25-29(39)36(19(3)18-37)27(31(25)17-21(32)26(24)41-31)30(40)35(16-5-2)23-14-10-9-13-22(23)33/h4-14,19,21,24-27,37H,1-2,15-18H2,3H3/t19-,21?,24-,25+,26-,27?,31?/m1/s1. The molecule has 3 fully saturated rings. The van der Waals surface area contributed by atoms with E-state index < -0.39 is 41.5 Å². The first-order valence-corrected chi connectivity index (χ1v) is 14.9. The fraction of sp³-hybridized carbons (Fsp3) is 0.387. The summed E-state index contributed by atoms with van der Waals surface area (Å²) < 4.78 is 6.65. The van der Waals surface area contributed by atoms with Crippen LogP contribution in [0.25, 0.3) is 0 Å². The summed E-state index contributed by atoms with van der Waals surface area (Å²) in [4.78, 5) is 47.4. The molecule has 2 bridgehead atoms. The van der Waals surface area contributed by atoms with Crippen LogP contribution in [0.5, 0.6) is 0 Å². The number of nitrogens with zero attached hydrogens (tertiary/aromatic N) is 3. The molecule has 0 saturated carbocycles. The molecule has 2 aromatic rings. The number of likely N-dealkylation sites (tertiary alicyclic amines) is 1. The summed E-state index contributed by atoms with van der Waals surface area (Å²) in [5, 5.41) is 10.6. The van der Waals surface area contributed by atoms with Gasteiger partial charge in [-0.1, -0.05) is 70.0 Å². The van der Waals surface area contributed by atoms with Gasteiger partial charge in [-0.25, -0.2) is 0 Å². The van der Waals surface area contributed by atoms with Crippen molar-refractivity contribution in [1.29, 1.82) is 0 Å². The molecule has 1 N–H and O–H groups in total. The Hall–Kier alpha value is -2.98. The predicted molar refractivity (Wildman–Crippen MR) is 162 cm³/mol. The molecule has 5 rings (SSSR count). The van der Waals surface area contributed by atoms with Crippen molar-refractivity contribution in [3.05, 3.63) is 84.9 Å². The number of para-hydroxylation sites is 2. The summed E-state index contributed by atoms with van der Waals surface area (Å²) in [5.41, 5.74) is -0.136. The minimum Gasteiger partial charge on any atom is -0.394 e. The summed E-state index contributed by atoms with van der Waals surface area (Å²) in [6.07, 6.45) is 2.95. The molecule has 10 heteroatoms. The maximum absolute atomic E-state index is 14.6. The van der Waals surface area contributed by atoms with Crippen molar-refractivity contribution in [2.45, 2.75) is 42.0 Å². The molecule has 3 aliphatic rings. The Morgan fingerprint density at radius 2 is 1.76 bits per heavy atom. The van der Waals surface area contributed by atoms with Gasteiger partial charge in [0, 0.05) is 23.6 Å². The average molecular weight is 643 g/mol. The Kier molecular flexibility index (Phi) is 8.43. The Morgan fingerprint density at radius 3 is 2.39 bits per heavy atom. The van der Waals surface area contributed by atoms with E-state index in [0.717, 1.165) is 0 Å². The van der Waals surface area contributed by atoms with Crippen LogP contribution < -0.4 is 9.80 Å². The van der Waals surface area contributed by atoms with Gasteiger partial charge in [0.2, 0.25) is 11.8 Å². The minimum atomic E-state index is -1.28. The first-order valence-electron chi connectivity index (χ1n) is 13.6. The molecular formula is C31H33BrClN3O5. The van der Waals surface area contributed by atoms with Crippen molar-refractivity contribution < 1.29 is 24.2 Å². The predicted octanol–water partition coefficient (Wildman–Crippen LogP) is 4.21. The number of carbonyl (C=O) groups excluding carboxylic acids is 3. The summed E-state index contributed by atoms with van der Waals surface area (Å²) in [6, 6.07) is 14.4. The van der Waals surface area contributed by atoms with E-state index >= 15 is 0 Å². The van der Waals surface area contributed by atoms with Gasteiger partial charge in [-0.15, -0.1) is 13.2 Å². The quantitative estimate of drug-likeness (QED) is 0.310. The molecule has 3 saturated heterocycles. The largest absolute Gasteiger partial charge is 0.394 e. The zero-order valence-corrected chi connectivity index (χ0v) is 25.1. The Morgan fingerprint density at radius 1 is 1.12 bits per heavy atom. The van der Waals surface area contributed by atoms with Crippen LogP contribution in [0, 0.1) is 11.8 Å². The number of rotatable bonds is 10. The van der Waals surface area contributed by atoms with Gasteiger partial charge in [0.05, 0.1) is 41.3 Å². The lowest BCUT2D eigenvalue weighted by Gasteiger charge is -2.38. The van der Waals surface area contributed by atoms with E-state index in [9.17, 15) is 19.5 Å². The van der Waals surface area contributed by atoms with Crippen LogP contribution >= 0.6 is 27.5 Å². The molecule has 216 valence electrons. The highest BCUT2D eigenvalue weighted by Crippen LogP contribution is 2.61. The number of benzene rings is 2. The second kappa shape index (κ2) is 11.7. The number of hydrogen-bond acceptors (Lipinski definition) is 5. The maximum atomic E-state index is 14.6. The molecule has 8 nitrogen and oxygen atoms in total. The molecule has 0 aliphatic carbocycles. The Balaban J connectivity index is 1.61. The molecule has 41 heavy (non-hydrogen) atoms. The van der Waals surface area contributed by atoms with E-state index in [1.165, 1.54) is 9.80 Å². The number of amides is 3. The Labute approximate surface area is 253 Å². The Bertz CT molecular complexity index is 1360. The minimum absolute atomic E-state index is 0.139. The summed E-state index contributed by atoms with van der Waals surface area (Å²) in [5.74, 6) is -2.82. The second-order valence-electron chi connectivity index (χ2n) is 10.7. The van der Waals surface area contributed by atoms with Crippen molar-refractivity contribution in [3.8, 4) is 0 Å². The molecule has 1 spiro atoms. The van der Waals surface area contributed by atoms with Gasteiger partial charge < -0.3 is 24.5 Å². The highest BCUT2D eigenvalue weighted by molar-refractivity contribution is 9.09. The molecule has 3 amide bonds. The third kappa shape index (κ3) is 4.73. The van der Waals surface area contributed by atoms with Crippen molar-refractivity contribution in [2.75, 3.05) is 29.5 Å². The van der Waals surface area contributed by atoms with E-state index in [1.54, 1.807) is 48.2 Å². The fourth-order valence-electron chi connectivity index (χ4n) is 6.69. The number of fused-ring (bicyclic) bond motifs is 1. The van der Waals surface area contributed by atoms with E-state index in [0.29, 0.717) is 22.8 Å². The normalized spacial score (nSPS) is 28.7. The van der Waals surface area contributed by atoms with Gasteiger partial charge >= 0.3 is 0 Å². The molecule has 3 aliphatic heterocycles. The van der Waals surface area contributed by atoms with Crippen LogP contribution in [-0.2, 0) is 19.1 Å². The van der Waals surface area contributed by atoms with Crippen LogP contribution in [0.1, 0.15) is 13.3 Å². The molecule has 0 radical (unpaired) electrons. The number of anilines is 2. The molecular weight excluding hydrogens is 610 g/mol. The van der Waals surface area contributed by atoms with Crippen molar-refractivity contribution >= 4 is 56.6 Å². The highest BCUT2D eigenvalue weighted by atomic mass is 79.9. The van der Waals surface area contributed by atoms with Crippen LogP contribution in [0.3, 0.4) is 0 Å². The van der Waals surface area contributed by atoms with Gasteiger partial charge in [0.25, 0.3) is 5.91 Å². The van der Waals surface area contributed by atoms with Crippen LogP contribution in [0.4, 0.5) is 11.4 Å². The van der Waals surface area contributed by atoms with Crippen molar-refractivity contribution in [3.63, 3.8) is 0 Å². The number of aliphatic hydroxyl groups excluding tert-OH is 1. The summed E-state index contributed by atoms with van der Waals surface area (Å²) >= 11 is 10.2. The molecule has 2 aromatic carbocycles. The number of alkyl halides is 1. The SMILES string of the molecule is C=CCN(C(=O)[C@H]1[C@@H]2OC3(CC2Br)C(C(=O)N(CC=C)c2ccccc2Cl)N([C@H](C)CO)C(=O)[C@H]13)c1ccccc1. The highest BCUT2D eigenvalue weighted by Gasteiger charge is 2.77. The first-order chi connectivity index (χ1) is 19.7. The smallest absolute Gasteiger partial charge is 0.253 e. The molecule has 3 heterocycles. The second-order valence-corrected chi connectivity index (χ2v) is 12.3. The first kappa shape index (κ1) is 29.5. The number of aliphatic hydroxyl groups is 1. The van der Waals surface area contributed by atoms with Gasteiger partial charge in [0.15, 0.2) is 0 Å². The zero-order valence-electron chi connectivity index (χ0n) is 22.7. The van der Waals surface area contributed by atoms with Gasteiger partial charge in [-0.3, -0.25) is 14.4 Å². The molecule has 7 atom stereocenters. The third-order valence-electron chi connectivity index (χ3n) is 8.35. The van der Waals surface area contributed by atoms with Crippen LogP contribution in [-0.4, -0.2) is 76.0 Å². The summed E-state index contributed by atoms with van der Waals surface area (Å²) in [6.45, 7) is 9.35. The molecule has 3 unspecified atom stereocenters. The molecule has 0 aromatic heterocycles. The van der Waals surface area contributed by atoms with Gasteiger partial charge in [-0.05, 0) is 37.6 Å². The third-order valence-corrected chi connectivity index (χ3v) is 9.52. The number of ether oxygens (including phenoxy) is 1. The topological polar surface area (TPSA) is 90.4 Å². The number of halogens is 2. The lowest BCUT2D eigenvalue weighted by molar-refractivity contribution is -0.143. The van der Waals surface area contributed by atoms with Crippen LogP contribution in [0.15, 0.2) is 79.9 Å². The lowest BCUT2D eigenvalue weighted by Crippen LogP contribution is -2.59. The van der Waals surface area contributed by atoms with Crippen LogP contribution in [0.2, 0.25) is 5.02 Å². The van der Waals surface area contributed by atoms with E-state index in [1.807, 2.05) is 30.3 Å². The average Bonchev–Trinajstić information content (AvgIpc) is 3.57.